The maximum atomic E-state index is 13.5. The number of amides is 1. The molecule has 0 aromatic carbocycles. The predicted octanol–water partition coefficient (Wildman–Crippen LogP) is -0.745. The van der Waals surface area contributed by atoms with Gasteiger partial charge in [0.2, 0.25) is 5.78 Å². The molecule has 10 nitrogen and oxygen atoms in total. The second-order valence-electron chi connectivity index (χ2n) is 8.64. The number of aliphatic hydroxyl groups is 3. The lowest BCUT2D eigenvalue weighted by Gasteiger charge is -2.50. The number of nitrogens with two attached hydrogens (primary N) is 1. The van der Waals surface area contributed by atoms with Crippen molar-refractivity contribution in [1.82, 2.24) is 9.88 Å². The van der Waals surface area contributed by atoms with Gasteiger partial charge in [0.15, 0.2) is 11.4 Å². The van der Waals surface area contributed by atoms with Gasteiger partial charge in [0.25, 0.3) is 11.5 Å². The number of aromatic amines is 1. The number of rotatable bonds is 2. The van der Waals surface area contributed by atoms with E-state index in [1.165, 1.54) is 4.90 Å². The zero-order chi connectivity index (χ0) is 23.0. The van der Waals surface area contributed by atoms with Crippen molar-refractivity contribution in [3.63, 3.8) is 0 Å². The summed E-state index contributed by atoms with van der Waals surface area (Å²) in [4.78, 5) is 54.8. The van der Waals surface area contributed by atoms with Gasteiger partial charge in [-0.15, -0.1) is 0 Å². The van der Waals surface area contributed by atoms with E-state index in [0.29, 0.717) is 11.3 Å². The molecule has 2 unspecified atom stereocenters. The summed E-state index contributed by atoms with van der Waals surface area (Å²) in [5.41, 5.74) is 2.07. The van der Waals surface area contributed by atoms with E-state index in [0.717, 1.165) is 0 Å². The molecule has 4 atom stereocenters. The van der Waals surface area contributed by atoms with Gasteiger partial charge in [-0.2, -0.15) is 0 Å². The number of likely N-dealkylation sites (N-methyl/N-ethyl adjacent to an activating group) is 1. The standard InChI is InChI=1S/C21H23N3O7/c1-7-4-8-5-9-6-10-14(24(2)3)16(26)13(19(22)29)18(28)21(10,31)17(27)11(9)15(25)12(8)20(30)23-7/h4,9-10,14,25,28,31H,5-6H2,1-3H3,(H2,22,29)(H,23,30)/t9?,10?,14-,21-/m0/s1. The Hall–Kier alpha value is -3.24. The van der Waals surface area contributed by atoms with E-state index in [-0.39, 0.29) is 24.0 Å². The predicted molar refractivity (Wildman–Crippen MR) is 108 cm³/mol. The minimum atomic E-state index is -2.64. The second-order valence-corrected chi connectivity index (χ2v) is 8.64. The highest BCUT2D eigenvalue weighted by molar-refractivity contribution is 6.24. The number of aromatic nitrogens is 1. The number of hydrogen-bond donors (Lipinski definition) is 5. The normalized spacial score (nSPS) is 30.3. The number of primary amides is 1. The largest absolute Gasteiger partial charge is 0.508 e. The Kier molecular flexibility index (Phi) is 4.49. The third kappa shape index (κ3) is 2.64. The molecule has 0 spiro atoms. The van der Waals surface area contributed by atoms with Crippen LogP contribution in [0.3, 0.4) is 0 Å². The third-order valence-electron chi connectivity index (χ3n) is 6.58. The molecule has 3 aliphatic rings. The molecule has 4 rings (SSSR count). The van der Waals surface area contributed by atoms with E-state index < -0.39 is 63.6 Å². The summed E-state index contributed by atoms with van der Waals surface area (Å²) in [7, 11) is 3.10. The zero-order valence-corrected chi connectivity index (χ0v) is 17.2. The first-order valence-corrected chi connectivity index (χ1v) is 9.78. The van der Waals surface area contributed by atoms with Crippen LogP contribution in [0.1, 0.15) is 23.2 Å². The van der Waals surface area contributed by atoms with Gasteiger partial charge in [-0.05, 0) is 51.4 Å². The number of nitrogens with zero attached hydrogens (tertiary/aromatic N) is 1. The SMILES string of the molecule is Cc1cc2c(c(=O)[nH]1)C(O)=C1C(=O)[C@]3(O)C(O)=C(C(N)=O)C(=O)[C@@H](N(C)C)C3CC1C2. The van der Waals surface area contributed by atoms with E-state index in [4.69, 9.17) is 5.73 Å². The third-order valence-corrected chi connectivity index (χ3v) is 6.58. The molecule has 1 aromatic heterocycles. The molecule has 0 saturated heterocycles. The monoisotopic (exact) mass is 429 g/mol. The van der Waals surface area contributed by atoms with Crippen LogP contribution >= 0.6 is 0 Å². The molecule has 31 heavy (non-hydrogen) atoms. The van der Waals surface area contributed by atoms with E-state index in [9.17, 15) is 34.5 Å². The lowest BCUT2D eigenvalue weighted by Crippen LogP contribution is -2.65. The maximum Gasteiger partial charge on any atom is 0.259 e. The number of fused-ring (bicyclic) bond motifs is 3. The molecule has 1 aromatic rings. The Morgan fingerprint density at radius 3 is 2.48 bits per heavy atom. The smallest absolute Gasteiger partial charge is 0.259 e. The van der Waals surface area contributed by atoms with Crippen LogP contribution in [0.25, 0.3) is 5.76 Å². The van der Waals surface area contributed by atoms with Crippen LogP contribution in [0.15, 0.2) is 27.8 Å². The summed E-state index contributed by atoms with van der Waals surface area (Å²) in [6.07, 6.45) is 0.289. The van der Waals surface area contributed by atoms with Crippen molar-refractivity contribution in [2.75, 3.05) is 14.1 Å². The molecule has 0 radical (unpaired) electrons. The summed E-state index contributed by atoms with van der Waals surface area (Å²) >= 11 is 0. The molecule has 1 amide bonds. The molecule has 1 heterocycles. The fraction of sp³-hybridized carbons (Fsp3) is 0.429. The van der Waals surface area contributed by atoms with Crippen LogP contribution in [0, 0.1) is 18.8 Å². The van der Waals surface area contributed by atoms with E-state index in [2.05, 4.69) is 4.98 Å². The fourth-order valence-electron chi connectivity index (χ4n) is 5.33. The van der Waals surface area contributed by atoms with Crippen LogP contribution in [-0.2, 0) is 20.8 Å². The Bertz CT molecular complexity index is 1180. The lowest BCUT2D eigenvalue weighted by molar-refractivity contribution is -0.153. The summed E-state index contributed by atoms with van der Waals surface area (Å²) in [6, 6.07) is 0.603. The van der Waals surface area contributed by atoms with Crippen molar-refractivity contribution >= 4 is 23.2 Å². The van der Waals surface area contributed by atoms with Gasteiger partial charge < -0.3 is 26.0 Å². The van der Waals surface area contributed by atoms with E-state index in [1.807, 2.05) is 0 Å². The average Bonchev–Trinajstić information content (AvgIpc) is 2.63. The highest BCUT2D eigenvalue weighted by Crippen LogP contribution is 2.51. The van der Waals surface area contributed by atoms with Crippen LogP contribution in [0.5, 0.6) is 0 Å². The number of carbonyl (C=O) groups excluding carboxylic acids is 3. The average molecular weight is 429 g/mol. The number of pyridine rings is 1. The van der Waals surface area contributed by atoms with Crippen molar-refractivity contribution < 1.29 is 29.7 Å². The van der Waals surface area contributed by atoms with Crippen molar-refractivity contribution in [2.24, 2.45) is 17.6 Å². The number of H-pyrrole nitrogens is 1. The first-order chi connectivity index (χ1) is 14.4. The van der Waals surface area contributed by atoms with Crippen molar-refractivity contribution in [2.45, 2.75) is 31.4 Å². The summed E-state index contributed by atoms with van der Waals surface area (Å²) in [6.45, 7) is 1.69. The highest BCUT2D eigenvalue weighted by atomic mass is 16.3. The molecule has 164 valence electrons. The van der Waals surface area contributed by atoms with E-state index in [1.54, 1.807) is 27.1 Å². The van der Waals surface area contributed by atoms with Crippen molar-refractivity contribution in [1.29, 1.82) is 0 Å². The maximum absolute atomic E-state index is 13.5. The summed E-state index contributed by atoms with van der Waals surface area (Å²) < 4.78 is 0. The lowest BCUT2D eigenvalue weighted by atomic mass is 9.57. The van der Waals surface area contributed by atoms with Crippen molar-refractivity contribution in [3.8, 4) is 0 Å². The number of ketones is 2. The van der Waals surface area contributed by atoms with Gasteiger partial charge in [-0.25, -0.2) is 0 Å². The Labute approximate surface area is 176 Å². The molecule has 1 fully saturated rings. The fourth-order valence-corrected chi connectivity index (χ4v) is 5.33. The molecule has 6 N–H and O–H groups in total. The highest BCUT2D eigenvalue weighted by Gasteiger charge is 2.64. The Morgan fingerprint density at radius 1 is 1.26 bits per heavy atom. The molecular formula is C21H23N3O7. The van der Waals surface area contributed by atoms with Crippen LogP contribution < -0.4 is 11.3 Å². The van der Waals surface area contributed by atoms with E-state index >= 15 is 0 Å². The second kappa shape index (κ2) is 6.63. The van der Waals surface area contributed by atoms with Gasteiger partial charge in [-0.3, -0.25) is 24.1 Å². The number of nitrogens with one attached hydrogen (secondary N) is 1. The number of hydrogen-bond acceptors (Lipinski definition) is 8. The molecular weight excluding hydrogens is 406 g/mol. The van der Waals surface area contributed by atoms with Gasteiger partial charge >= 0.3 is 0 Å². The van der Waals surface area contributed by atoms with Gasteiger partial charge in [0.05, 0.1) is 11.6 Å². The molecule has 10 heteroatoms. The molecule has 1 saturated carbocycles. The molecule has 0 aliphatic heterocycles. The van der Waals surface area contributed by atoms with Crippen LogP contribution in [0.2, 0.25) is 0 Å². The van der Waals surface area contributed by atoms with Gasteiger partial charge in [-0.1, -0.05) is 0 Å². The van der Waals surface area contributed by atoms with Gasteiger partial charge in [0.1, 0.15) is 17.1 Å². The number of Topliss-reactive ketones (excluding diaryl/α,β-unsaturated/α-hetero) is 2. The number of aryl methyl sites for hydroxylation is 1. The van der Waals surface area contributed by atoms with Gasteiger partial charge in [0, 0.05) is 17.2 Å². The number of carbonyl (C=O) groups is 3. The first kappa shape index (κ1) is 21.0. The first-order valence-electron chi connectivity index (χ1n) is 9.78. The Balaban J connectivity index is 1.99. The zero-order valence-electron chi connectivity index (χ0n) is 17.2. The van der Waals surface area contributed by atoms with Crippen LogP contribution in [-0.4, -0.2) is 68.4 Å². The summed E-state index contributed by atoms with van der Waals surface area (Å²) in [5.74, 6) is -6.46. The van der Waals surface area contributed by atoms with Crippen LogP contribution in [0.4, 0.5) is 0 Å². The molecule has 0 bridgehead atoms. The minimum Gasteiger partial charge on any atom is -0.508 e. The number of aliphatic hydroxyl groups excluding tert-OH is 2. The Morgan fingerprint density at radius 2 is 1.90 bits per heavy atom. The van der Waals surface area contributed by atoms with Crippen molar-refractivity contribution in [3.05, 3.63) is 50.1 Å². The quantitative estimate of drug-likeness (QED) is 0.382. The molecule has 3 aliphatic carbocycles. The topological polar surface area (TPSA) is 174 Å². The summed E-state index contributed by atoms with van der Waals surface area (Å²) in [5, 5.41) is 33.0. The minimum absolute atomic E-state index is 0.0532.